The highest BCUT2D eigenvalue weighted by atomic mass is 35.5. The molecule has 0 spiro atoms. The quantitative estimate of drug-likeness (QED) is 0.656. The van der Waals surface area contributed by atoms with Crippen molar-refractivity contribution in [3.63, 3.8) is 0 Å². The molecule has 1 aromatic heterocycles. The van der Waals surface area contributed by atoms with Crippen LogP contribution in [-0.4, -0.2) is 16.1 Å². The summed E-state index contributed by atoms with van der Waals surface area (Å²) < 4.78 is 0. The summed E-state index contributed by atoms with van der Waals surface area (Å²) in [7, 11) is 0. The summed E-state index contributed by atoms with van der Waals surface area (Å²) in [4.78, 5) is 14.7. The summed E-state index contributed by atoms with van der Waals surface area (Å²) in [5, 5.41) is 11.2. The number of aromatic amines is 1. The molecule has 1 heterocycles. The lowest BCUT2D eigenvalue weighted by atomic mass is 10.0. The minimum Gasteiger partial charge on any atom is -0.478 e. The second-order valence-electron chi connectivity index (χ2n) is 4.78. The van der Waals surface area contributed by atoms with Crippen LogP contribution in [0.3, 0.4) is 0 Å². The maximum absolute atomic E-state index is 11.6. The van der Waals surface area contributed by atoms with Gasteiger partial charge in [0.1, 0.15) is 0 Å². The molecule has 0 fully saturated rings. The number of halogens is 2. The lowest BCUT2D eigenvalue weighted by molar-refractivity contribution is -0.130. The van der Waals surface area contributed by atoms with Crippen LogP contribution in [0.15, 0.2) is 48.7 Å². The van der Waals surface area contributed by atoms with Crippen molar-refractivity contribution < 1.29 is 9.90 Å². The Morgan fingerprint density at radius 3 is 2.59 bits per heavy atom. The Kier molecular flexibility index (Phi) is 3.92. The third-order valence-electron chi connectivity index (χ3n) is 3.38. The number of para-hydroxylation sites is 1. The van der Waals surface area contributed by atoms with Crippen molar-refractivity contribution in [2.75, 3.05) is 0 Å². The van der Waals surface area contributed by atoms with Gasteiger partial charge in [-0.3, -0.25) is 0 Å². The van der Waals surface area contributed by atoms with E-state index in [9.17, 15) is 9.90 Å². The molecule has 0 aliphatic heterocycles. The molecular formula is C17H11Cl2NO2. The minimum absolute atomic E-state index is 0.156. The van der Waals surface area contributed by atoms with Gasteiger partial charge >= 0.3 is 5.97 Å². The molecule has 3 aromatic rings. The van der Waals surface area contributed by atoms with E-state index in [0.29, 0.717) is 15.6 Å². The highest BCUT2D eigenvalue weighted by Crippen LogP contribution is 2.29. The molecule has 2 aromatic carbocycles. The third kappa shape index (κ3) is 2.73. The van der Waals surface area contributed by atoms with E-state index < -0.39 is 5.97 Å². The van der Waals surface area contributed by atoms with E-state index in [0.717, 1.165) is 16.5 Å². The van der Waals surface area contributed by atoms with E-state index in [4.69, 9.17) is 23.2 Å². The van der Waals surface area contributed by atoms with Gasteiger partial charge in [0.15, 0.2) is 0 Å². The van der Waals surface area contributed by atoms with E-state index >= 15 is 0 Å². The van der Waals surface area contributed by atoms with Crippen molar-refractivity contribution in [2.24, 2.45) is 0 Å². The number of carboxylic acids is 1. The highest BCUT2D eigenvalue weighted by Gasteiger charge is 2.13. The van der Waals surface area contributed by atoms with Crippen molar-refractivity contribution in [2.45, 2.75) is 0 Å². The molecule has 0 atom stereocenters. The number of carboxylic acid groups (broad SMARTS) is 1. The van der Waals surface area contributed by atoms with Crippen LogP contribution < -0.4 is 0 Å². The van der Waals surface area contributed by atoms with E-state index in [1.807, 2.05) is 24.3 Å². The van der Waals surface area contributed by atoms with Crippen molar-refractivity contribution >= 4 is 51.7 Å². The number of aromatic nitrogens is 1. The van der Waals surface area contributed by atoms with Crippen molar-refractivity contribution in [1.82, 2.24) is 4.98 Å². The Labute approximate surface area is 136 Å². The maximum Gasteiger partial charge on any atom is 0.336 e. The molecule has 0 saturated carbocycles. The molecule has 2 N–H and O–H groups in total. The fraction of sp³-hybridized carbons (Fsp3) is 0. The van der Waals surface area contributed by atoms with Crippen LogP contribution in [0.5, 0.6) is 0 Å². The topological polar surface area (TPSA) is 53.1 Å². The van der Waals surface area contributed by atoms with Crippen LogP contribution in [-0.2, 0) is 4.79 Å². The minimum atomic E-state index is -1.02. The van der Waals surface area contributed by atoms with Crippen LogP contribution >= 0.6 is 23.2 Å². The fourth-order valence-electron chi connectivity index (χ4n) is 2.30. The van der Waals surface area contributed by atoms with Gasteiger partial charge in [-0.15, -0.1) is 0 Å². The summed E-state index contributed by atoms with van der Waals surface area (Å²) >= 11 is 11.9. The second-order valence-corrected chi connectivity index (χ2v) is 5.60. The normalized spacial score (nSPS) is 11.8. The van der Waals surface area contributed by atoms with Crippen molar-refractivity contribution in [3.05, 3.63) is 69.8 Å². The zero-order valence-electron chi connectivity index (χ0n) is 11.3. The molecule has 0 saturated heterocycles. The van der Waals surface area contributed by atoms with Gasteiger partial charge < -0.3 is 10.1 Å². The largest absolute Gasteiger partial charge is 0.478 e. The summed E-state index contributed by atoms with van der Waals surface area (Å²) in [6.07, 6.45) is 3.41. The van der Waals surface area contributed by atoms with Gasteiger partial charge in [0.2, 0.25) is 0 Å². The summed E-state index contributed by atoms with van der Waals surface area (Å²) in [5.41, 5.74) is 2.42. The lowest BCUT2D eigenvalue weighted by Crippen LogP contribution is -1.99. The van der Waals surface area contributed by atoms with Gasteiger partial charge in [-0.25, -0.2) is 4.79 Å². The van der Waals surface area contributed by atoms with Gasteiger partial charge in [-0.2, -0.15) is 0 Å². The number of aliphatic carboxylic acids is 1. The Morgan fingerprint density at radius 1 is 1.09 bits per heavy atom. The Morgan fingerprint density at radius 2 is 1.86 bits per heavy atom. The Balaban J connectivity index is 2.15. The predicted molar refractivity (Wildman–Crippen MR) is 90.3 cm³/mol. The molecule has 110 valence electrons. The molecule has 5 heteroatoms. The second kappa shape index (κ2) is 5.87. The first-order chi connectivity index (χ1) is 10.6. The first-order valence-corrected chi connectivity index (χ1v) is 7.28. The van der Waals surface area contributed by atoms with Gasteiger partial charge in [0.05, 0.1) is 15.6 Å². The number of fused-ring (bicyclic) bond motifs is 1. The number of hydrogen-bond donors (Lipinski definition) is 2. The number of rotatable bonds is 3. The Hall–Kier alpha value is -2.23. The number of H-pyrrole nitrogens is 1. The van der Waals surface area contributed by atoms with Gasteiger partial charge in [0, 0.05) is 22.7 Å². The van der Waals surface area contributed by atoms with Crippen LogP contribution in [0.1, 0.15) is 11.1 Å². The first-order valence-electron chi connectivity index (χ1n) is 6.53. The molecule has 0 aliphatic rings. The molecule has 0 aliphatic carbocycles. The zero-order valence-corrected chi connectivity index (χ0v) is 12.8. The standard InChI is InChI=1S/C17H11Cl2NO2/c18-14-6-5-10(8-15(14)19)13(17(21)22)7-11-9-20-16-4-2-1-3-12(11)16/h1-9,20H,(H,21,22)/b13-7-. The first kappa shape index (κ1) is 14.7. The summed E-state index contributed by atoms with van der Waals surface area (Å²) in [6, 6.07) is 12.5. The number of nitrogens with one attached hydrogen (secondary N) is 1. The van der Waals surface area contributed by atoms with Gasteiger partial charge in [-0.1, -0.05) is 47.5 Å². The van der Waals surface area contributed by atoms with Crippen LogP contribution in [0.4, 0.5) is 0 Å². The van der Waals surface area contributed by atoms with Gasteiger partial charge in [-0.05, 0) is 29.8 Å². The average Bonchev–Trinajstić information content (AvgIpc) is 2.91. The van der Waals surface area contributed by atoms with E-state index in [-0.39, 0.29) is 5.57 Å². The molecular weight excluding hydrogens is 321 g/mol. The van der Waals surface area contributed by atoms with Crippen LogP contribution in [0, 0.1) is 0 Å². The molecule has 0 amide bonds. The number of hydrogen-bond acceptors (Lipinski definition) is 1. The van der Waals surface area contributed by atoms with E-state index in [1.54, 1.807) is 30.5 Å². The maximum atomic E-state index is 11.6. The molecule has 0 bridgehead atoms. The number of carbonyl (C=O) groups is 1. The van der Waals surface area contributed by atoms with Crippen LogP contribution in [0.2, 0.25) is 10.0 Å². The Bertz CT molecular complexity index is 897. The van der Waals surface area contributed by atoms with E-state index in [1.165, 1.54) is 0 Å². The SMILES string of the molecule is O=C(O)/C(=C\c1c[nH]c2ccccc12)c1ccc(Cl)c(Cl)c1. The zero-order chi connectivity index (χ0) is 15.7. The molecule has 0 radical (unpaired) electrons. The summed E-state index contributed by atoms with van der Waals surface area (Å²) in [5.74, 6) is -1.02. The smallest absolute Gasteiger partial charge is 0.336 e. The molecule has 3 rings (SSSR count). The molecule has 3 nitrogen and oxygen atoms in total. The fourth-order valence-corrected chi connectivity index (χ4v) is 2.60. The van der Waals surface area contributed by atoms with Crippen molar-refractivity contribution in [1.29, 1.82) is 0 Å². The van der Waals surface area contributed by atoms with Gasteiger partial charge in [0.25, 0.3) is 0 Å². The monoisotopic (exact) mass is 331 g/mol. The average molecular weight is 332 g/mol. The molecule has 0 unspecified atom stereocenters. The summed E-state index contributed by atoms with van der Waals surface area (Å²) in [6.45, 7) is 0. The third-order valence-corrected chi connectivity index (χ3v) is 4.12. The van der Waals surface area contributed by atoms with E-state index in [2.05, 4.69) is 4.98 Å². The highest BCUT2D eigenvalue weighted by molar-refractivity contribution is 6.42. The number of benzene rings is 2. The molecule has 22 heavy (non-hydrogen) atoms. The predicted octanol–water partition coefficient (Wildman–Crippen LogP) is 5.10. The van der Waals surface area contributed by atoms with Crippen LogP contribution in [0.25, 0.3) is 22.6 Å². The van der Waals surface area contributed by atoms with Crippen molar-refractivity contribution in [3.8, 4) is 0 Å². The lowest BCUT2D eigenvalue weighted by Gasteiger charge is -2.04.